The van der Waals surface area contributed by atoms with E-state index in [-0.39, 0.29) is 10.7 Å². The zero-order valence-corrected chi connectivity index (χ0v) is 12.6. The van der Waals surface area contributed by atoms with E-state index in [1.165, 1.54) is 11.9 Å². The molecule has 0 aromatic carbocycles. The van der Waals surface area contributed by atoms with Gasteiger partial charge in [-0.25, -0.2) is 0 Å². The van der Waals surface area contributed by atoms with Crippen LogP contribution in [0, 0.1) is 6.92 Å². The van der Waals surface area contributed by atoms with Crippen LogP contribution in [0.2, 0.25) is 0 Å². The molecule has 2 aromatic rings. The summed E-state index contributed by atoms with van der Waals surface area (Å²) in [7, 11) is 0. The van der Waals surface area contributed by atoms with Gasteiger partial charge in [0.2, 0.25) is 10.7 Å². The molecule has 0 radical (unpaired) electrons. The van der Waals surface area contributed by atoms with Gasteiger partial charge in [0.05, 0.1) is 11.4 Å². The summed E-state index contributed by atoms with van der Waals surface area (Å²) in [5, 5.41) is -0.00510. The first kappa shape index (κ1) is 13.8. The monoisotopic (exact) mass is 301 g/mol. The third kappa shape index (κ3) is 2.54. The molecule has 0 atom stereocenters. The quantitative estimate of drug-likeness (QED) is 0.837. The molecule has 3 heterocycles. The molecule has 0 bridgehead atoms. The van der Waals surface area contributed by atoms with E-state index in [0.29, 0.717) is 6.54 Å². The zero-order valence-electron chi connectivity index (χ0n) is 11.8. The lowest BCUT2D eigenvalue weighted by Crippen LogP contribution is -2.16. The number of aromatic amines is 2. The van der Waals surface area contributed by atoms with Gasteiger partial charge in [-0.05, 0) is 37.6 Å². The standard InChI is InChI=1S/C15H15N3O2S/c1-3-18-15-11(10-6-9(2)17-13(19)7-10)8-16-12(15)4-5-14(20)21-18/h4-8,16H,3H2,1-2H3,(H,17,19). The van der Waals surface area contributed by atoms with Gasteiger partial charge in [-0.3, -0.25) is 9.59 Å². The van der Waals surface area contributed by atoms with Gasteiger partial charge in [-0.1, -0.05) is 0 Å². The first-order valence-corrected chi connectivity index (χ1v) is 7.46. The number of hydrogen-bond acceptors (Lipinski definition) is 4. The van der Waals surface area contributed by atoms with Gasteiger partial charge in [0, 0.05) is 42.0 Å². The Morgan fingerprint density at radius 3 is 2.76 bits per heavy atom. The molecule has 2 N–H and O–H groups in total. The lowest BCUT2D eigenvalue weighted by atomic mass is 10.1. The highest BCUT2D eigenvalue weighted by molar-refractivity contribution is 8.15. The summed E-state index contributed by atoms with van der Waals surface area (Å²) in [6.07, 6.45) is 5.22. The molecular weight excluding hydrogens is 286 g/mol. The van der Waals surface area contributed by atoms with Crippen LogP contribution in [0.25, 0.3) is 17.2 Å². The molecule has 1 aliphatic rings. The summed E-state index contributed by atoms with van der Waals surface area (Å²) in [6.45, 7) is 4.54. The lowest BCUT2D eigenvalue weighted by Gasteiger charge is -2.20. The van der Waals surface area contributed by atoms with Crippen LogP contribution in [-0.4, -0.2) is 21.6 Å². The molecule has 1 aliphatic heterocycles. The highest BCUT2D eigenvalue weighted by Crippen LogP contribution is 2.39. The normalized spacial score (nSPS) is 14.2. The third-order valence-electron chi connectivity index (χ3n) is 3.30. The van der Waals surface area contributed by atoms with Gasteiger partial charge >= 0.3 is 0 Å². The molecule has 0 amide bonds. The number of hydrogen-bond donors (Lipinski definition) is 2. The molecule has 2 aromatic heterocycles. The fourth-order valence-electron chi connectivity index (χ4n) is 2.44. The Kier molecular flexibility index (Phi) is 3.47. The lowest BCUT2D eigenvalue weighted by molar-refractivity contribution is -0.107. The Labute approximate surface area is 126 Å². The van der Waals surface area contributed by atoms with Crippen LogP contribution < -0.4 is 9.86 Å². The second-order valence-electron chi connectivity index (χ2n) is 4.82. The number of carbonyl (C=O) groups is 1. The molecule has 0 fully saturated rings. The van der Waals surface area contributed by atoms with Crippen LogP contribution >= 0.6 is 11.9 Å². The molecule has 5 nitrogen and oxygen atoms in total. The second-order valence-corrected chi connectivity index (χ2v) is 5.85. The maximum absolute atomic E-state index is 11.7. The second kappa shape index (κ2) is 5.29. The Bertz CT molecular complexity index is 788. The molecule has 0 spiro atoms. The van der Waals surface area contributed by atoms with Crippen LogP contribution in [0.15, 0.2) is 29.2 Å². The summed E-state index contributed by atoms with van der Waals surface area (Å²) < 4.78 is 1.94. The van der Waals surface area contributed by atoms with E-state index in [2.05, 4.69) is 9.97 Å². The Morgan fingerprint density at radius 2 is 2.05 bits per heavy atom. The maximum atomic E-state index is 11.7. The minimum absolute atomic E-state index is 0.00510. The van der Waals surface area contributed by atoms with E-state index < -0.39 is 0 Å². The Hall–Kier alpha value is -2.21. The van der Waals surface area contributed by atoms with Crippen LogP contribution in [0.4, 0.5) is 5.69 Å². The summed E-state index contributed by atoms with van der Waals surface area (Å²) in [4.78, 5) is 29.4. The number of pyridine rings is 1. The van der Waals surface area contributed by atoms with Crippen molar-refractivity contribution in [2.45, 2.75) is 13.8 Å². The number of nitrogens with zero attached hydrogens (tertiary/aromatic N) is 1. The van der Waals surface area contributed by atoms with Gasteiger partial charge in [0.1, 0.15) is 0 Å². The SMILES string of the molecule is CCN1SC(=O)C=Cc2[nH]cc(-c3cc(C)[nH]c(=O)c3)c21. The average Bonchev–Trinajstić information content (AvgIpc) is 2.78. The van der Waals surface area contributed by atoms with E-state index in [4.69, 9.17) is 0 Å². The zero-order chi connectivity index (χ0) is 15.0. The van der Waals surface area contributed by atoms with E-state index in [9.17, 15) is 9.59 Å². The average molecular weight is 301 g/mol. The van der Waals surface area contributed by atoms with Crippen LogP contribution in [0.5, 0.6) is 0 Å². The van der Waals surface area contributed by atoms with Crippen LogP contribution in [-0.2, 0) is 4.79 Å². The minimum Gasteiger partial charge on any atom is -0.359 e. The van der Waals surface area contributed by atoms with Gasteiger partial charge in [-0.15, -0.1) is 0 Å². The number of aryl methyl sites for hydroxylation is 1. The van der Waals surface area contributed by atoms with Gasteiger partial charge in [-0.2, -0.15) is 0 Å². The molecule has 108 valence electrons. The third-order valence-corrected chi connectivity index (χ3v) is 4.27. The highest BCUT2D eigenvalue weighted by atomic mass is 32.2. The number of fused-ring (bicyclic) bond motifs is 1. The minimum atomic E-state index is -0.129. The van der Waals surface area contributed by atoms with Crippen molar-refractivity contribution >= 4 is 28.8 Å². The summed E-state index contributed by atoms with van der Waals surface area (Å²) >= 11 is 1.17. The van der Waals surface area contributed by atoms with Crippen molar-refractivity contribution < 1.29 is 4.79 Å². The molecule has 0 unspecified atom stereocenters. The van der Waals surface area contributed by atoms with E-state index in [1.54, 1.807) is 18.2 Å². The maximum Gasteiger partial charge on any atom is 0.248 e. The molecule has 21 heavy (non-hydrogen) atoms. The molecule has 0 aliphatic carbocycles. The summed E-state index contributed by atoms with van der Waals surface area (Å²) in [6, 6.07) is 3.51. The smallest absolute Gasteiger partial charge is 0.248 e. The number of anilines is 1. The number of carbonyl (C=O) groups excluding carboxylic acids is 1. The fourth-order valence-corrected chi connectivity index (χ4v) is 3.21. The molecular formula is C15H15N3O2S. The highest BCUT2D eigenvalue weighted by Gasteiger charge is 2.22. The first-order valence-electron chi connectivity index (χ1n) is 6.68. The first-order chi connectivity index (χ1) is 10.1. The van der Waals surface area contributed by atoms with Crippen molar-refractivity contribution in [3.8, 4) is 11.1 Å². The van der Waals surface area contributed by atoms with Crippen molar-refractivity contribution in [2.75, 3.05) is 10.8 Å². The van der Waals surface area contributed by atoms with Crippen LogP contribution in [0.1, 0.15) is 18.3 Å². The predicted octanol–water partition coefficient (Wildman–Crippen LogP) is 2.71. The van der Waals surface area contributed by atoms with Gasteiger partial charge < -0.3 is 14.3 Å². The fraction of sp³-hybridized carbons (Fsp3) is 0.200. The molecule has 6 heteroatoms. The topological polar surface area (TPSA) is 69.0 Å². The Morgan fingerprint density at radius 1 is 1.24 bits per heavy atom. The number of aromatic nitrogens is 2. The predicted molar refractivity (Wildman–Crippen MR) is 86.2 cm³/mol. The van der Waals surface area contributed by atoms with Crippen LogP contribution in [0.3, 0.4) is 0 Å². The summed E-state index contributed by atoms with van der Waals surface area (Å²) in [5.74, 6) is 0. The number of nitrogens with one attached hydrogen (secondary N) is 2. The van der Waals surface area contributed by atoms with Gasteiger partial charge in [0.15, 0.2) is 0 Å². The van der Waals surface area contributed by atoms with E-state index >= 15 is 0 Å². The summed E-state index contributed by atoms with van der Waals surface area (Å²) in [5.41, 5.74) is 4.26. The van der Waals surface area contributed by atoms with E-state index in [1.807, 2.05) is 30.4 Å². The number of rotatable bonds is 2. The van der Waals surface area contributed by atoms with Crippen molar-refractivity contribution in [1.82, 2.24) is 9.97 Å². The van der Waals surface area contributed by atoms with E-state index in [0.717, 1.165) is 28.2 Å². The van der Waals surface area contributed by atoms with Crippen molar-refractivity contribution in [3.05, 3.63) is 46.1 Å². The largest absolute Gasteiger partial charge is 0.359 e. The molecule has 3 rings (SSSR count). The van der Waals surface area contributed by atoms with Crippen molar-refractivity contribution in [3.63, 3.8) is 0 Å². The number of H-pyrrole nitrogens is 2. The van der Waals surface area contributed by atoms with Crippen molar-refractivity contribution in [2.24, 2.45) is 0 Å². The van der Waals surface area contributed by atoms with Crippen molar-refractivity contribution in [1.29, 1.82) is 0 Å². The Balaban J connectivity index is 2.19. The molecule has 0 saturated carbocycles. The van der Waals surface area contributed by atoms with Gasteiger partial charge in [0.25, 0.3) is 0 Å². The molecule has 0 saturated heterocycles.